The first-order valence-electron chi connectivity index (χ1n) is 11.1. The highest BCUT2D eigenvalue weighted by molar-refractivity contribution is 6.04. The Morgan fingerprint density at radius 1 is 1.06 bits per heavy atom. The second-order valence-electron chi connectivity index (χ2n) is 7.95. The summed E-state index contributed by atoms with van der Waals surface area (Å²) < 4.78 is 17.1. The number of methoxy groups -OCH3 is 1. The number of amides is 1. The number of hydrogen-bond donors (Lipinski definition) is 1. The zero-order valence-corrected chi connectivity index (χ0v) is 19.2. The van der Waals surface area contributed by atoms with Crippen molar-refractivity contribution in [2.75, 3.05) is 43.6 Å². The third-order valence-electron chi connectivity index (χ3n) is 5.68. The number of para-hydroxylation sites is 1. The minimum atomic E-state index is -0.992. The number of rotatable bonds is 7. The van der Waals surface area contributed by atoms with Crippen molar-refractivity contribution in [3.8, 4) is 0 Å². The first-order chi connectivity index (χ1) is 16.5. The summed E-state index contributed by atoms with van der Waals surface area (Å²) in [7, 11) is 1.30. The molecular formula is C25H27N3O6. The molecule has 0 aliphatic carbocycles. The maximum absolute atomic E-state index is 12.5. The van der Waals surface area contributed by atoms with Crippen molar-refractivity contribution in [1.82, 2.24) is 4.57 Å². The zero-order chi connectivity index (χ0) is 24.1. The van der Waals surface area contributed by atoms with E-state index < -0.39 is 23.9 Å². The molecule has 0 unspecified atom stereocenters. The highest BCUT2D eigenvalue weighted by atomic mass is 16.5. The number of benzene rings is 2. The Balaban J connectivity index is 1.35. The number of ether oxygens (including phenoxy) is 3. The summed E-state index contributed by atoms with van der Waals surface area (Å²) in [6.45, 7) is 4.42. The second kappa shape index (κ2) is 10.4. The Morgan fingerprint density at radius 2 is 1.76 bits per heavy atom. The molecule has 3 aromatic rings. The number of nitrogens with zero attached hydrogens (tertiary/aromatic N) is 2. The van der Waals surface area contributed by atoms with Crippen LogP contribution in [0, 0.1) is 0 Å². The van der Waals surface area contributed by atoms with Crippen molar-refractivity contribution in [2.24, 2.45) is 0 Å². The highest BCUT2D eigenvalue weighted by Gasteiger charge is 2.21. The molecule has 9 heteroatoms. The minimum absolute atomic E-state index is 0.149. The molecule has 34 heavy (non-hydrogen) atoms. The first kappa shape index (κ1) is 23.3. The van der Waals surface area contributed by atoms with Gasteiger partial charge < -0.3 is 29.0 Å². The summed E-state index contributed by atoms with van der Waals surface area (Å²) in [6, 6.07) is 14.7. The van der Waals surface area contributed by atoms with Crippen molar-refractivity contribution < 1.29 is 28.6 Å². The van der Waals surface area contributed by atoms with E-state index in [1.807, 2.05) is 30.3 Å². The second-order valence-corrected chi connectivity index (χ2v) is 7.95. The van der Waals surface area contributed by atoms with Crippen LogP contribution < -0.4 is 10.2 Å². The van der Waals surface area contributed by atoms with Gasteiger partial charge in [0.1, 0.15) is 6.54 Å². The fourth-order valence-electron chi connectivity index (χ4n) is 3.90. The standard InChI is InChI=1S/C25H27N3O6/c1-17(24(30)26-18-7-9-19(10-8-18)27-11-13-33-14-12-27)34-23(29)16-28-15-21(25(31)32-2)20-5-3-4-6-22(20)28/h3-10,15,17H,11-14,16H2,1-2H3,(H,26,30)/t17-/m1/s1. The third-order valence-corrected chi connectivity index (χ3v) is 5.68. The van der Waals surface area contributed by atoms with Gasteiger partial charge in [-0.1, -0.05) is 18.2 Å². The lowest BCUT2D eigenvalue weighted by Gasteiger charge is -2.28. The van der Waals surface area contributed by atoms with Gasteiger partial charge in [0.15, 0.2) is 6.10 Å². The number of esters is 2. The van der Waals surface area contributed by atoms with E-state index in [1.54, 1.807) is 29.0 Å². The number of carbonyl (C=O) groups excluding carboxylic acids is 3. The highest BCUT2D eigenvalue weighted by Crippen LogP contribution is 2.22. The molecule has 0 spiro atoms. The number of carbonyl (C=O) groups is 3. The van der Waals surface area contributed by atoms with Crippen LogP contribution in [0.15, 0.2) is 54.7 Å². The number of hydrogen-bond acceptors (Lipinski definition) is 7. The lowest BCUT2D eigenvalue weighted by atomic mass is 10.2. The van der Waals surface area contributed by atoms with E-state index in [2.05, 4.69) is 10.2 Å². The normalized spacial score (nSPS) is 14.5. The van der Waals surface area contributed by atoms with E-state index in [0.717, 1.165) is 18.8 Å². The fourth-order valence-corrected chi connectivity index (χ4v) is 3.90. The summed E-state index contributed by atoms with van der Waals surface area (Å²) in [6.07, 6.45) is 0.562. The molecule has 9 nitrogen and oxygen atoms in total. The fraction of sp³-hybridized carbons (Fsp3) is 0.320. The van der Waals surface area contributed by atoms with Crippen LogP contribution in [0.1, 0.15) is 17.3 Å². The number of fused-ring (bicyclic) bond motifs is 1. The van der Waals surface area contributed by atoms with Gasteiger partial charge in [0.25, 0.3) is 5.91 Å². The Hall–Kier alpha value is -3.85. The monoisotopic (exact) mass is 465 g/mol. The Labute approximate surface area is 197 Å². The van der Waals surface area contributed by atoms with E-state index in [0.29, 0.717) is 35.4 Å². The lowest BCUT2D eigenvalue weighted by molar-refractivity contribution is -0.153. The predicted molar refractivity (Wildman–Crippen MR) is 127 cm³/mol. The molecule has 0 radical (unpaired) electrons. The molecule has 1 saturated heterocycles. The predicted octanol–water partition coefficient (Wildman–Crippen LogP) is 2.83. The van der Waals surface area contributed by atoms with E-state index >= 15 is 0 Å². The van der Waals surface area contributed by atoms with Gasteiger partial charge in [-0.05, 0) is 37.3 Å². The molecule has 178 valence electrons. The van der Waals surface area contributed by atoms with Crippen LogP contribution in [0.5, 0.6) is 0 Å². The molecular weight excluding hydrogens is 438 g/mol. The topological polar surface area (TPSA) is 99.1 Å². The first-order valence-corrected chi connectivity index (χ1v) is 11.1. The van der Waals surface area contributed by atoms with Gasteiger partial charge in [0.2, 0.25) is 0 Å². The average Bonchev–Trinajstić information content (AvgIpc) is 3.22. The number of nitrogens with one attached hydrogen (secondary N) is 1. The number of anilines is 2. The van der Waals surface area contributed by atoms with Crippen LogP contribution in [0.2, 0.25) is 0 Å². The smallest absolute Gasteiger partial charge is 0.340 e. The third kappa shape index (κ3) is 5.20. The summed E-state index contributed by atoms with van der Waals surface area (Å²) >= 11 is 0. The van der Waals surface area contributed by atoms with Gasteiger partial charge in [-0.15, -0.1) is 0 Å². The molecule has 1 aliphatic rings. The van der Waals surface area contributed by atoms with Crippen LogP contribution in [0.25, 0.3) is 10.9 Å². The van der Waals surface area contributed by atoms with E-state index in [1.165, 1.54) is 14.0 Å². The van der Waals surface area contributed by atoms with Crippen LogP contribution in [0.3, 0.4) is 0 Å². The van der Waals surface area contributed by atoms with Gasteiger partial charge in [-0.3, -0.25) is 9.59 Å². The average molecular weight is 466 g/mol. The van der Waals surface area contributed by atoms with Gasteiger partial charge in [0, 0.05) is 41.6 Å². The van der Waals surface area contributed by atoms with Crippen molar-refractivity contribution in [3.63, 3.8) is 0 Å². The van der Waals surface area contributed by atoms with Crippen molar-refractivity contribution in [2.45, 2.75) is 19.6 Å². The largest absolute Gasteiger partial charge is 0.465 e. The lowest BCUT2D eigenvalue weighted by Crippen LogP contribution is -2.36. The molecule has 1 N–H and O–H groups in total. The molecule has 2 aromatic carbocycles. The maximum Gasteiger partial charge on any atom is 0.340 e. The summed E-state index contributed by atoms with van der Waals surface area (Å²) in [5.41, 5.74) is 2.73. The van der Waals surface area contributed by atoms with Crippen LogP contribution in [-0.2, 0) is 30.3 Å². The van der Waals surface area contributed by atoms with Crippen molar-refractivity contribution in [1.29, 1.82) is 0 Å². The van der Waals surface area contributed by atoms with E-state index in [-0.39, 0.29) is 6.54 Å². The molecule has 2 heterocycles. The number of aromatic nitrogens is 1. The van der Waals surface area contributed by atoms with E-state index in [4.69, 9.17) is 14.2 Å². The van der Waals surface area contributed by atoms with Gasteiger partial charge in [-0.2, -0.15) is 0 Å². The Morgan fingerprint density at radius 3 is 2.47 bits per heavy atom. The molecule has 1 aliphatic heterocycles. The summed E-state index contributed by atoms with van der Waals surface area (Å²) in [5.74, 6) is -1.52. The summed E-state index contributed by atoms with van der Waals surface area (Å²) in [5, 5.41) is 3.44. The molecule has 1 amide bonds. The maximum atomic E-state index is 12.5. The SMILES string of the molecule is COC(=O)c1cn(CC(=O)O[C@H](C)C(=O)Nc2ccc(N3CCOCC3)cc2)c2ccccc12. The van der Waals surface area contributed by atoms with E-state index in [9.17, 15) is 14.4 Å². The Kier molecular flexibility index (Phi) is 7.12. The molecule has 0 bridgehead atoms. The number of morpholine rings is 1. The van der Waals surface area contributed by atoms with Crippen molar-refractivity contribution in [3.05, 3.63) is 60.3 Å². The van der Waals surface area contributed by atoms with Crippen LogP contribution in [0.4, 0.5) is 11.4 Å². The van der Waals surface area contributed by atoms with Crippen LogP contribution >= 0.6 is 0 Å². The molecule has 1 aromatic heterocycles. The molecule has 0 saturated carbocycles. The van der Waals surface area contributed by atoms with Crippen LogP contribution in [-0.4, -0.2) is 61.9 Å². The van der Waals surface area contributed by atoms with Crippen molar-refractivity contribution >= 4 is 40.1 Å². The Bertz CT molecular complexity index is 1180. The minimum Gasteiger partial charge on any atom is -0.465 e. The zero-order valence-electron chi connectivity index (χ0n) is 19.2. The molecule has 1 atom stereocenters. The molecule has 1 fully saturated rings. The molecule has 4 rings (SSSR count). The van der Waals surface area contributed by atoms with Gasteiger partial charge >= 0.3 is 11.9 Å². The quantitative estimate of drug-likeness (QED) is 0.536. The van der Waals surface area contributed by atoms with Gasteiger partial charge in [-0.25, -0.2) is 4.79 Å². The van der Waals surface area contributed by atoms with Gasteiger partial charge in [0.05, 0.1) is 25.9 Å². The summed E-state index contributed by atoms with van der Waals surface area (Å²) in [4.78, 5) is 39.4.